The second kappa shape index (κ2) is 6.32. The SMILES string of the molecule is Cn1cccc/c1=N\Nc1ccccc1.I. The van der Waals surface area contributed by atoms with E-state index in [1.807, 2.05) is 66.3 Å². The average Bonchev–Trinajstić information content (AvgIpc) is 2.29. The summed E-state index contributed by atoms with van der Waals surface area (Å²) in [6.07, 6.45) is 1.96. The Kier molecular flexibility index (Phi) is 5.04. The number of aromatic nitrogens is 1. The lowest BCUT2D eigenvalue weighted by molar-refractivity contribution is 0.825. The third-order valence-electron chi connectivity index (χ3n) is 2.10. The lowest BCUT2D eigenvalue weighted by Gasteiger charge is -2.01. The van der Waals surface area contributed by atoms with Gasteiger partial charge in [-0.15, -0.1) is 24.0 Å². The van der Waals surface area contributed by atoms with Gasteiger partial charge in [-0.25, -0.2) is 0 Å². The van der Waals surface area contributed by atoms with Gasteiger partial charge >= 0.3 is 0 Å². The minimum atomic E-state index is 0. The summed E-state index contributed by atoms with van der Waals surface area (Å²) in [4.78, 5) is 0. The van der Waals surface area contributed by atoms with Crippen molar-refractivity contribution in [1.82, 2.24) is 4.57 Å². The van der Waals surface area contributed by atoms with Gasteiger partial charge < -0.3 is 4.57 Å². The van der Waals surface area contributed by atoms with Gasteiger partial charge in [0.1, 0.15) is 0 Å². The Bertz CT molecular complexity index is 491. The van der Waals surface area contributed by atoms with Crippen LogP contribution < -0.4 is 10.9 Å². The molecular weight excluding hydrogens is 313 g/mol. The number of hydrogen-bond donors (Lipinski definition) is 1. The monoisotopic (exact) mass is 327 g/mol. The van der Waals surface area contributed by atoms with Crippen molar-refractivity contribution in [2.24, 2.45) is 12.1 Å². The maximum atomic E-state index is 4.29. The number of nitrogens with zero attached hydrogens (tertiary/aromatic N) is 2. The van der Waals surface area contributed by atoms with Crippen LogP contribution in [0.3, 0.4) is 0 Å². The topological polar surface area (TPSA) is 29.3 Å². The van der Waals surface area contributed by atoms with Crippen molar-refractivity contribution in [3.63, 3.8) is 0 Å². The zero-order chi connectivity index (χ0) is 10.5. The van der Waals surface area contributed by atoms with Crippen molar-refractivity contribution in [1.29, 1.82) is 0 Å². The molecule has 0 saturated heterocycles. The molecule has 1 heterocycles. The molecule has 0 aliphatic heterocycles. The number of para-hydroxylation sites is 1. The van der Waals surface area contributed by atoms with Gasteiger partial charge in [0.05, 0.1) is 5.69 Å². The van der Waals surface area contributed by atoms with E-state index in [1.165, 1.54) is 0 Å². The Morgan fingerprint density at radius 1 is 1.00 bits per heavy atom. The molecule has 3 nitrogen and oxygen atoms in total. The van der Waals surface area contributed by atoms with Crippen molar-refractivity contribution in [3.8, 4) is 0 Å². The summed E-state index contributed by atoms with van der Waals surface area (Å²) in [5, 5.41) is 4.29. The van der Waals surface area contributed by atoms with Gasteiger partial charge in [-0.2, -0.15) is 5.10 Å². The van der Waals surface area contributed by atoms with Crippen molar-refractivity contribution >= 4 is 29.7 Å². The Morgan fingerprint density at radius 2 is 1.69 bits per heavy atom. The maximum Gasteiger partial charge on any atom is 0.152 e. The van der Waals surface area contributed by atoms with E-state index in [4.69, 9.17) is 0 Å². The first-order valence-electron chi connectivity index (χ1n) is 4.83. The smallest absolute Gasteiger partial charge is 0.152 e. The quantitative estimate of drug-likeness (QED) is 0.667. The first-order chi connectivity index (χ1) is 7.36. The van der Waals surface area contributed by atoms with E-state index in [-0.39, 0.29) is 24.0 Å². The minimum absolute atomic E-state index is 0. The van der Waals surface area contributed by atoms with E-state index < -0.39 is 0 Å². The molecule has 0 fully saturated rings. The molecule has 1 aromatic carbocycles. The normalized spacial score (nSPS) is 10.7. The molecule has 0 saturated carbocycles. The van der Waals surface area contributed by atoms with Crippen LogP contribution in [-0.2, 0) is 7.05 Å². The van der Waals surface area contributed by atoms with Crippen LogP contribution in [0.4, 0.5) is 5.69 Å². The first kappa shape index (κ1) is 12.8. The molecule has 2 aromatic rings. The zero-order valence-corrected chi connectivity index (χ0v) is 11.3. The molecule has 0 aliphatic rings. The summed E-state index contributed by atoms with van der Waals surface area (Å²) in [7, 11) is 1.96. The molecule has 1 aromatic heterocycles. The molecular formula is C12H14IN3. The van der Waals surface area contributed by atoms with E-state index in [0.29, 0.717) is 0 Å². The fourth-order valence-electron chi connectivity index (χ4n) is 1.26. The molecule has 0 unspecified atom stereocenters. The van der Waals surface area contributed by atoms with E-state index in [9.17, 15) is 0 Å². The molecule has 84 valence electrons. The standard InChI is InChI=1S/C12H13N3.HI/c1-15-10-6-5-9-12(15)14-13-11-7-3-2-4-8-11;/h2-10,13H,1H3;1H/b14-12+;. The van der Waals surface area contributed by atoms with Crippen LogP contribution in [0.5, 0.6) is 0 Å². The average molecular weight is 327 g/mol. The molecule has 0 radical (unpaired) electrons. The van der Waals surface area contributed by atoms with E-state index in [0.717, 1.165) is 11.2 Å². The number of hydrogen-bond acceptors (Lipinski definition) is 2. The second-order valence-electron chi connectivity index (χ2n) is 3.26. The van der Waals surface area contributed by atoms with Gasteiger partial charge in [-0.05, 0) is 24.3 Å². The highest BCUT2D eigenvalue weighted by atomic mass is 127. The molecule has 0 aliphatic carbocycles. The summed E-state index contributed by atoms with van der Waals surface area (Å²) >= 11 is 0. The number of nitrogens with one attached hydrogen (secondary N) is 1. The highest BCUT2D eigenvalue weighted by Gasteiger charge is 1.86. The van der Waals surface area contributed by atoms with Gasteiger partial charge in [-0.1, -0.05) is 24.3 Å². The van der Waals surface area contributed by atoms with Crippen LogP contribution in [0, 0.1) is 0 Å². The summed E-state index contributed by atoms with van der Waals surface area (Å²) in [5.41, 5.74) is 4.88. The lowest BCUT2D eigenvalue weighted by atomic mass is 10.3. The predicted molar refractivity (Wildman–Crippen MR) is 76.5 cm³/mol. The van der Waals surface area contributed by atoms with Crippen LogP contribution >= 0.6 is 24.0 Å². The van der Waals surface area contributed by atoms with Crippen LogP contribution in [0.25, 0.3) is 0 Å². The number of halogens is 1. The summed E-state index contributed by atoms with van der Waals surface area (Å²) in [5.74, 6) is 0. The van der Waals surface area contributed by atoms with E-state index in [2.05, 4.69) is 10.5 Å². The minimum Gasteiger partial charge on any atom is -0.335 e. The first-order valence-corrected chi connectivity index (χ1v) is 4.83. The van der Waals surface area contributed by atoms with Gasteiger partial charge in [0, 0.05) is 13.2 Å². The van der Waals surface area contributed by atoms with Crippen LogP contribution in [0.1, 0.15) is 0 Å². The summed E-state index contributed by atoms with van der Waals surface area (Å²) in [6.45, 7) is 0. The third-order valence-corrected chi connectivity index (χ3v) is 2.10. The number of pyridine rings is 1. The largest absolute Gasteiger partial charge is 0.335 e. The second-order valence-corrected chi connectivity index (χ2v) is 3.26. The predicted octanol–water partition coefficient (Wildman–Crippen LogP) is 2.57. The van der Waals surface area contributed by atoms with Crippen molar-refractivity contribution in [3.05, 3.63) is 60.2 Å². The van der Waals surface area contributed by atoms with Crippen molar-refractivity contribution in [2.75, 3.05) is 5.43 Å². The fraction of sp³-hybridized carbons (Fsp3) is 0.0833. The molecule has 0 amide bonds. The van der Waals surface area contributed by atoms with E-state index >= 15 is 0 Å². The van der Waals surface area contributed by atoms with Crippen LogP contribution in [0.2, 0.25) is 0 Å². The fourth-order valence-corrected chi connectivity index (χ4v) is 1.26. The molecule has 1 N–H and O–H groups in total. The summed E-state index contributed by atoms with van der Waals surface area (Å²) in [6, 6.07) is 15.8. The molecule has 0 bridgehead atoms. The Labute approximate surface area is 112 Å². The third kappa shape index (κ3) is 3.37. The number of anilines is 1. The zero-order valence-electron chi connectivity index (χ0n) is 9.00. The number of rotatable bonds is 2. The van der Waals surface area contributed by atoms with Crippen molar-refractivity contribution < 1.29 is 0 Å². The number of benzene rings is 1. The molecule has 16 heavy (non-hydrogen) atoms. The van der Waals surface area contributed by atoms with E-state index in [1.54, 1.807) is 0 Å². The Hall–Kier alpha value is -1.30. The molecule has 0 spiro atoms. The van der Waals surface area contributed by atoms with Gasteiger partial charge in [0.25, 0.3) is 0 Å². The van der Waals surface area contributed by atoms with Crippen LogP contribution in [-0.4, -0.2) is 4.57 Å². The Balaban J connectivity index is 0.00000128. The van der Waals surface area contributed by atoms with Crippen LogP contribution in [0.15, 0.2) is 59.8 Å². The summed E-state index contributed by atoms with van der Waals surface area (Å²) < 4.78 is 1.95. The van der Waals surface area contributed by atoms with Crippen molar-refractivity contribution in [2.45, 2.75) is 0 Å². The highest BCUT2D eigenvalue weighted by Crippen LogP contribution is 2.03. The molecule has 0 atom stereocenters. The molecule has 4 heteroatoms. The van der Waals surface area contributed by atoms with Gasteiger partial charge in [0.15, 0.2) is 5.49 Å². The Morgan fingerprint density at radius 3 is 2.38 bits per heavy atom. The lowest BCUT2D eigenvalue weighted by Crippen LogP contribution is -2.17. The molecule has 2 rings (SSSR count). The highest BCUT2D eigenvalue weighted by molar-refractivity contribution is 14.0. The number of aryl methyl sites for hydroxylation is 1. The van der Waals surface area contributed by atoms with Gasteiger partial charge in [-0.3, -0.25) is 5.43 Å². The van der Waals surface area contributed by atoms with Gasteiger partial charge in [0.2, 0.25) is 0 Å². The maximum absolute atomic E-state index is 4.29.